The number of oxime groups is 2. The van der Waals surface area contributed by atoms with Crippen molar-refractivity contribution in [3.05, 3.63) is 67.8 Å². The summed E-state index contributed by atoms with van der Waals surface area (Å²) in [6, 6.07) is 10.1. The molecule has 0 atom stereocenters. The van der Waals surface area contributed by atoms with Gasteiger partial charge in [0.25, 0.3) is 5.91 Å². The first-order valence-electron chi connectivity index (χ1n) is 9.51. The van der Waals surface area contributed by atoms with Crippen LogP contribution in [0.15, 0.2) is 46.7 Å². The predicted molar refractivity (Wildman–Crippen MR) is 125 cm³/mol. The Kier molecular flexibility index (Phi) is 9.05. The highest BCUT2D eigenvalue weighted by molar-refractivity contribution is 14.1. The van der Waals surface area contributed by atoms with E-state index in [0.29, 0.717) is 26.0 Å². The molecule has 0 fully saturated rings. The number of likely N-dealkylation sites (N-methyl/N-ethyl adjacent to an activating group) is 1. The molecule has 0 saturated heterocycles. The maximum Gasteiger partial charge on any atom is 0.393 e. The molecular weight excluding hydrogens is 538 g/mol. The van der Waals surface area contributed by atoms with Crippen LogP contribution in [0.5, 0.6) is 0 Å². The fourth-order valence-electron chi connectivity index (χ4n) is 3.06. The molecule has 2 aromatic carbocycles. The molecule has 32 heavy (non-hydrogen) atoms. The van der Waals surface area contributed by atoms with Crippen molar-refractivity contribution in [3.63, 3.8) is 0 Å². The van der Waals surface area contributed by atoms with Crippen molar-refractivity contribution < 1.29 is 27.6 Å². The van der Waals surface area contributed by atoms with Gasteiger partial charge in [-0.2, -0.15) is 13.2 Å². The molecule has 0 saturated carbocycles. The van der Waals surface area contributed by atoms with Gasteiger partial charge in [0.2, 0.25) is 0 Å². The third kappa shape index (κ3) is 6.94. The van der Waals surface area contributed by atoms with E-state index in [-0.39, 0.29) is 17.9 Å². The van der Waals surface area contributed by atoms with Crippen LogP contribution < -0.4 is 5.32 Å². The highest BCUT2D eigenvalue weighted by atomic mass is 127. The molecule has 2 aromatic rings. The van der Waals surface area contributed by atoms with Crippen molar-refractivity contribution in [1.29, 1.82) is 0 Å². The van der Waals surface area contributed by atoms with Gasteiger partial charge in [0, 0.05) is 27.3 Å². The van der Waals surface area contributed by atoms with Crippen molar-refractivity contribution in [2.75, 3.05) is 14.2 Å². The molecule has 10 heteroatoms. The Labute approximate surface area is 198 Å². The van der Waals surface area contributed by atoms with Crippen LogP contribution in [-0.4, -0.2) is 37.7 Å². The number of hydrogen-bond acceptors (Lipinski definition) is 5. The highest BCUT2D eigenvalue weighted by Gasteiger charge is 2.29. The molecule has 0 aromatic heterocycles. The summed E-state index contributed by atoms with van der Waals surface area (Å²) >= 11 is 1.97. The van der Waals surface area contributed by atoms with Gasteiger partial charge in [0.15, 0.2) is 5.71 Å². The second-order valence-electron chi connectivity index (χ2n) is 6.85. The van der Waals surface area contributed by atoms with E-state index in [9.17, 15) is 18.0 Å². The second kappa shape index (κ2) is 11.3. The Morgan fingerprint density at radius 3 is 2.50 bits per heavy atom. The Morgan fingerprint density at radius 2 is 1.88 bits per heavy atom. The zero-order valence-electron chi connectivity index (χ0n) is 18.0. The smallest absolute Gasteiger partial charge is 0.393 e. The Bertz CT molecular complexity index is 1040. The minimum atomic E-state index is -4.34. The van der Waals surface area contributed by atoms with Gasteiger partial charge in [-0.25, -0.2) is 0 Å². The minimum absolute atomic E-state index is 0.0158. The number of rotatable bonds is 8. The quantitative estimate of drug-likeness (QED) is 0.288. The lowest BCUT2D eigenvalue weighted by molar-refractivity contribution is -0.127. The molecule has 0 aliphatic rings. The summed E-state index contributed by atoms with van der Waals surface area (Å²) in [4.78, 5) is 22.5. The molecule has 0 radical (unpaired) electrons. The molecule has 1 amide bonds. The summed E-state index contributed by atoms with van der Waals surface area (Å²) < 4.78 is 39.6. The van der Waals surface area contributed by atoms with Gasteiger partial charge in [-0.15, -0.1) is 0 Å². The standard InChI is InChI=1S/C22H23F3IN3O3/c1-13-6-5-7-18(20(29-31-4)21(30)27-3)19(13)12-32-28-14(2)17-9-8-16(26)10-15(17)11-22(23,24)25/h5-10H,11-12H2,1-4H3,(H,27,30)/b28-14+,29-20+. The number of aryl methyl sites for hydroxylation is 1. The van der Waals surface area contributed by atoms with Crippen LogP contribution in [0.3, 0.4) is 0 Å². The lowest BCUT2D eigenvalue weighted by Gasteiger charge is -2.14. The summed E-state index contributed by atoms with van der Waals surface area (Å²) in [6.07, 6.45) is -5.40. The molecule has 6 nitrogen and oxygen atoms in total. The average molecular weight is 561 g/mol. The van der Waals surface area contributed by atoms with Crippen molar-refractivity contribution in [2.45, 2.75) is 33.1 Å². The molecule has 0 unspecified atom stereocenters. The summed E-state index contributed by atoms with van der Waals surface area (Å²) in [5, 5.41) is 10.4. The van der Waals surface area contributed by atoms with E-state index >= 15 is 0 Å². The summed E-state index contributed by atoms with van der Waals surface area (Å²) in [5.74, 6) is -0.436. The Morgan fingerprint density at radius 1 is 1.16 bits per heavy atom. The van der Waals surface area contributed by atoms with E-state index in [4.69, 9.17) is 9.68 Å². The van der Waals surface area contributed by atoms with Crippen molar-refractivity contribution in [2.24, 2.45) is 10.3 Å². The second-order valence-corrected chi connectivity index (χ2v) is 8.09. The lowest BCUT2D eigenvalue weighted by atomic mass is 9.98. The molecule has 172 valence electrons. The van der Waals surface area contributed by atoms with E-state index in [1.54, 1.807) is 31.2 Å². The third-order valence-electron chi connectivity index (χ3n) is 4.55. The van der Waals surface area contributed by atoms with Crippen molar-refractivity contribution in [1.82, 2.24) is 5.32 Å². The Hall–Kier alpha value is -2.63. The number of hydrogen-bond donors (Lipinski definition) is 1. The first kappa shape index (κ1) is 25.6. The van der Waals surface area contributed by atoms with Crippen molar-refractivity contribution >= 4 is 39.9 Å². The highest BCUT2D eigenvalue weighted by Crippen LogP contribution is 2.25. The van der Waals surface area contributed by atoms with E-state index in [0.717, 1.165) is 5.56 Å². The first-order valence-corrected chi connectivity index (χ1v) is 10.6. The average Bonchev–Trinajstić information content (AvgIpc) is 2.71. The third-order valence-corrected chi connectivity index (χ3v) is 5.22. The zero-order chi connectivity index (χ0) is 23.9. The molecule has 0 heterocycles. The number of carbonyl (C=O) groups is 1. The van der Waals surface area contributed by atoms with Crippen LogP contribution in [-0.2, 0) is 27.5 Å². The van der Waals surface area contributed by atoms with Crippen LogP contribution >= 0.6 is 22.6 Å². The fourth-order valence-corrected chi connectivity index (χ4v) is 3.61. The van der Waals surface area contributed by atoms with Gasteiger partial charge in [-0.05, 0) is 59.7 Å². The van der Waals surface area contributed by atoms with Crippen LogP contribution in [0.4, 0.5) is 13.2 Å². The molecule has 1 N–H and O–H groups in total. The lowest BCUT2D eigenvalue weighted by Crippen LogP contribution is -2.29. The van der Waals surface area contributed by atoms with Crippen LogP contribution in [0.25, 0.3) is 0 Å². The first-order chi connectivity index (χ1) is 15.1. The molecular formula is C22H23F3IN3O3. The molecule has 0 aliphatic carbocycles. The number of nitrogens with one attached hydrogen (secondary N) is 1. The predicted octanol–water partition coefficient (Wildman–Crippen LogP) is 4.74. The maximum absolute atomic E-state index is 13.0. The largest absolute Gasteiger partial charge is 0.398 e. The SMILES string of the molecule is CNC(=O)/C(=N/OC)c1cccc(C)c1CO/N=C(\C)c1ccc(I)cc1CC(F)(F)F. The summed E-state index contributed by atoms with van der Waals surface area (Å²) in [5.41, 5.74) is 2.86. The normalized spacial score (nSPS) is 12.5. The Balaban J connectivity index is 2.33. The monoisotopic (exact) mass is 561 g/mol. The summed E-state index contributed by atoms with van der Waals surface area (Å²) in [6.45, 7) is 3.41. The molecule has 0 spiro atoms. The number of nitrogens with zero attached hydrogens (tertiary/aromatic N) is 2. The topological polar surface area (TPSA) is 72.3 Å². The van der Waals surface area contributed by atoms with Gasteiger partial charge in [0.05, 0.1) is 12.1 Å². The number of alkyl halides is 3. The van der Waals surface area contributed by atoms with Gasteiger partial charge in [-0.3, -0.25) is 4.79 Å². The van der Waals surface area contributed by atoms with E-state index in [2.05, 4.69) is 15.6 Å². The van der Waals surface area contributed by atoms with E-state index in [1.807, 2.05) is 35.6 Å². The number of halogens is 4. The molecule has 0 aliphatic heterocycles. The van der Waals surface area contributed by atoms with Gasteiger partial charge in [-0.1, -0.05) is 34.6 Å². The number of carbonyl (C=O) groups excluding carboxylic acids is 1. The van der Waals surface area contributed by atoms with E-state index in [1.165, 1.54) is 20.2 Å². The van der Waals surface area contributed by atoms with Gasteiger partial charge >= 0.3 is 6.18 Å². The molecule has 0 bridgehead atoms. The van der Waals surface area contributed by atoms with E-state index < -0.39 is 18.5 Å². The summed E-state index contributed by atoms with van der Waals surface area (Å²) in [7, 11) is 2.81. The van der Waals surface area contributed by atoms with Crippen LogP contribution in [0.2, 0.25) is 0 Å². The maximum atomic E-state index is 13.0. The van der Waals surface area contributed by atoms with Gasteiger partial charge in [0.1, 0.15) is 13.7 Å². The molecule has 2 rings (SSSR count). The van der Waals surface area contributed by atoms with Crippen molar-refractivity contribution in [3.8, 4) is 0 Å². The number of benzene rings is 2. The van der Waals surface area contributed by atoms with Gasteiger partial charge < -0.3 is 15.0 Å². The minimum Gasteiger partial charge on any atom is -0.398 e. The number of amides is 1. The van der Waals surface area contributed by atoms with Crippen LogP contribution in [0, 0.1) is 10.5 Å². The zero-order valence-corrected chi connectivity index (χ0v) is 20.2. The fraction of sp³-hybridized carbons (Fsp3) is 0.318. The van der Waals surface area contributed by atoms with Crippen LogP contribution in [0.1, 0.15) is 34.7 Å².